The lowest BCUT2D eigenvalue weighted by atomic mass is 10.4. The van der Waals surface area contributed by atoms with Crippen LogP contribution in [-0.4, -0.2) is 67.6 Å². The van der Waals surface area contributed by atoms with Crippen molar-refractivity contribution in [3.63, 3.8) is 0 Å². The first-order valence-corrected chi connectivity index (χ1v) is 7.92. The highest BCUT2D eigenvalue weighted by Crippen LogP contribution is 2.15. The predicted molar refractivity (Wildman–Crippen MR) is 72.1 cm³/mol. The maximum Gasteiger partial charge on any atom is 0.313 e. The van der Waals surface area contributed by atoms with Crippen molar-refractivity contribution in [3.05, 3.63) is 6.33 Å². The molecule has 1 aliphatic heterocycles. The summed E-state index contributed by atoms with van der Waals surface area (Å²) in [5.74, 6) is 1.59. The predicted octanol–water partition coefficient (Wildman–Crippen LogP) is 0.504. The van der Waals surface area contributed by atoms with Crippen LogP contribution in [0, 0.1) is 0 Å². The van der Waals surface area contributed by atoms with Crippen molar-refractivity contribution < 1.29 is 9.90 Å². The highest BCUT2D eigenvalue weighted by atomic mass is 32.2. The lowest BCUT2D eigenvalue weighted by molar-refractivity contribution is -0.133. The van der Waals surface area contributed by atoms with Gasteiger partial charge in [0.05, 0.1) is 5.75 Å². The summed E-state index contributed by atoms with van der Waals surface area (Å²) in [6.45, 7) is 4.05. The number of aliphatic carboxylic acids is 1. The fraction of sp³-hybridized carbons (Fsp3) is 0.700. The average Bonchev–Trinajstić information content (AvgIpc) is 2.82. The molecule has 1 saturated heterocycles. The Hall–Kier alpha value is -0.730. The van der Waals surface area contributed by atoms with E-state index in [1.807, 2.05) is 16.3 Å². The van der Waals surface area contributed by atoms with Gasteiger partial charge in [-0.25, -0.2) is 0 Å². The molecular weight excluding hydrogens is 272 g/mol. The number of rotatable bonds is 6. The number of carboxylic acids is 1. The molecule has 2 rings (SSSR count). The van der Waals surface area contributed by atoms with E-state index in [0.29, 0.717) is 5.16 Å². The molecule has 0 saturated carbocycles. The number of hydrogen-bond acceptors (Lipinski definition) is 6. The molecule has 1 aromatic rings. The first-order valence-electron chi connectivity index (χ1n) is 5.78. The van der Waals surface area contributed by atoms with Gasteiger partial charge in [0.1, 0.15) is 6.33 Å². The minimum absolute atomic E-state index is 0.0268. The summed E-state index contributed by atoms with van der Waals surface area (Å²) >= 11 is 3.21. The van der Waals surface area contributed by atoms with E-state index in [2.05, 4.69) is 15.1 Å². The van der Waals surface area contributed by atoms with Crippen LogP contribution in [0.15, 0.2) is 11.5 Å². The second-order valence-corrected chi connectivity index (χ2v) is 6.11. The van der Waals surface area contributed by atoms with Crippen LogP contribution in [0.2, 0.25) is 0 Å². The molecular formula is C10H16N4O2S2. The molecule has 18 heavy (non-hydrogen) atoms. The number of carboxylic acid groups (broad SMARTS) is 1. The molecule has 8 heteroatoms. The highest BCUT2D eigenvalue weighted by molar-refractivity contribution is 7.99. The Bertz CT molecular complexity index is 393. The van der Waals surface area contributed by atoms with Gasteiger partial charge < -0.3 is 9.67 Å². The Kier molecular flexibility index (Phi) is 5.33. The smallest absolute Gasteiger partial charge is 0.313 e. The third kappa shape index (κ3) is 4.18. The maximum absolute atomic E-state index is 10.5. The number of aromatic nitrogens is 3. The molecule has 0 aromatic carbocycles. The zero-order valence-electron chi connectivity index (χ0n) is 9.99. The molecule has 1 aromatic heterocycles. The largest absolute Gasteiger partial charge is 0.481 e. The first kappa shape index (κ1) is 13.7. The Labute approximate surface area is 114 Å². The summed E-state index contributed by atoms with van der Waals surface area (Å²) < 4.78 is 1.93. The van der Waals surface area contributed by atoms with Gasteiger partial charge in [-0.05, 0) is 0 Å². The van der Waals surface area contributed by atoms with Gasteiger partial charge in [-0.15, -0.1) is 10.2 Å². The Morgan fingerprint density at radius 1 is 1.44 bits per heavy atom. The maximum atomic E-state index is 10.5. The Morgan fingerprint density at radius 3 is 2.94 bits per heavy atom. The number of nitrogens with zero attached hydrogens (tertiary/aromatic N) is 4. The summed E-state index contributed by atoms with van der Waals surface area (Å²) in [6.07, 6.45) is 1.67. The highest BCUT2D eigenvalue weighted by Gasteiger charge is 2.12. The zero-order chi connectivity index (χ0) is 12.8. The minimum Gasteiger partial charge on any atom is -0.481 e. The van der Waals surface area contributed by atoms with Crippen LogP contribution in [0.5, 0.6) is 0 Å². The Balaban J connectivity index is 1.81. The van der Waals surface area contributed by atoms with E-state index in [4.69, 9.17) is 5.11 Å². The minimum atomic E-state index is -0.831. The Morgan fingerprint density at radius 2 is 2.22 bits per heavy atom. The summed E-state index contributed by atoms with van der Waals surface area (Å²) in [6, 6.07) is 0. The van der Waals surface area contributed by atoms with Crippen LogP contribution < -0.4 is 0 Å². The van der Waals surface area contributed by atoms with Crippen LogP contribution >= 0.6 is 23.5 Å². The quantitative estimate of drug-likeness (QED) is 0.764. The number of thioether (sulfide) groups is 2. The molecule has 0 amide bonds. The number of hydrogen-bond donors (Lipinski definition) is 1. The molecule has 0 radical (unpaired) electrons. The van der Waals surface area contributed by atoms with Crippen molar-refractivity contribution in [3.8, 4) is 0 Å². The molecule has 0 atom stereocenters. The van der Waals surface area contributed by atoms with Gasteiger partial charge in [-0.1, -0.05) is 11.8 Å². The van der Waals surface area contributed by atoms with Crippen molar-refractivity contribution in [2.24, 2.45) is 0 Å². The van der Waals surface area contributed by atoms with E-state index in [1.165, 1.54) is 23.3 Å². The van der Waals surface area contributed by atoms with Crippen molar-refractivity contribution >= 4 is 29.5 Å². The monoisotopic (exact) mass is 288 g/mol. The topological polar surface area (TPSA) is 71.2 Å². The molecule has 0 unspecified atom stereocenters. The number of carbonyl (C=O) groups is 1. The van der Waals surface area contributed by atoms with Gasteiger partial charge in [0.15, 0.2) is 5.16 Å². The van der Waals surface area contributed by atoms with E-state index in [1.54, 1.807) is 6.33 Å². The fourth-order valence-electron chi connectivity index (χ4n) is 1.71. The summed E-state index contributed by atoms with van der Waals surface area (Å²) in [4.78, 5) is 12.9. The molecule has 0 spiro atoms. The lowest BCUT2D eigenvalue weighted by Crippen LogP contribution is -2.35. The van der Waals surface area contributed by atoms with Gasteiger partial charge in [0.2, 0.25) is 0 Å². The van der Waals surface area contributed by atoms with E-state index < -0.39 is 5.97 Å². The lowest BCUT2D eigenvalue weighted by Gasteiger charge is -2.26. The van der Waals surface area contributed by atoms with Crippen LogP contribution in [-0.2, 0) is 11.3 Å². The van der Waals surface area contributed by atoms with E-state index in [-0.39, 0.29) is 5.75 Å². The third-order valence-corrected chi connectivity index (χ3v) is 4.57. The van der Waals surface area contributed by atoms with E-state index in [0.717, 1.165) is 26.2 Å². The van der Waals surface area contributed by atoms with Gasteiger partial charge in [0, 0.05) is 37.7 Å². The van der Waals surface area contributed by atoms with Crippen LogP contribution in [0.25, 0.3) is 0 Å². The average molecular weight is 288 g/mol. The molecule has 0 bridgehead atoms. The molecule has 2 heterocycles. The molecule has 1 N–H and O–H groups in total. The SMILES string of the molecule is O=C(O)CSc1nncn1CCN1CCSCC1. The third-order valence-electron chi connectivity index (χ3n) is 2.67. The fourth-order valence-corrected chi connectivity index (χ4v) is 3.35. The van der Waals surface area contributed by atoms with Crippen molar-refractivity contribution in [2.75, 3.05) is 36.9 Å². The molecule has 6 nitrogen and oxygen atoms in total. The van der Waals surface area contributed by atoms with E-state index >= 15 is 0 Å². The van der Waals surface area contributed by atoms with Crippen LogP contribution in [0.4, 0.5) is 0 Å². The second-order valence-electron chi connectivity index (χ2n) is 3.94. The van der Waals surface area contributed by atoms with Gasteiger partial charge in [-0.2, -0.15) is 11.8 Å². The first-order chi connectivity index (χ1) is 8.75. The summed E-state index contributed by atoms with van der Waals surface area (Å²) in [5, 5.41) is 17.1. The van der Waals surface area contributed by atoms with E-state index in [9.17, 15) is 4.79 Å². The van der Waals surface area contributed by atoms with Gasteiger partial charge >= 0.3 is 5.97 Å². The van der Waals surface area contributed by atoms with Crippen molar-refractivity contribution in [2.45, 2.75) is 11.7 Å². The van der Waals surface area contributed by atoms with Crippen LogP contribution in [0.3, 0.4) is 0 Å². The van der Waals surface area contributed by atoms with Gasteiger partial charge in [-0.3, -0.25) is 9.69 Å². The normalized spacial score (nSPS) is 16.9. The molecule has 1 aliphatic rings. The van der Waals surface area contributed by atoms with Gasteiger partial charge in [0.25, 0.3) is 0 Å². The van der Waals surface area contributed by atoms with Crippen molar-refractivity contribution in [1.29, 1.82) is 0 Å². The van der Waals surface area contributed by atoms with Crippen molar-refractivity contribution in [1.82, 2.24) is 19.7 Å². The molecule has 1 fully saturated rings. The van der Waals surface area contributed by atoms with Crippen LogP contribution in [0.1, 0.15) is 0 Å². The standard InChI is InChI=1S/C10H16N4O2S2/c15-9(16)7-18-10-12-11-8-14(10)2-1-13-3-5-17-6-4-13/h8H,1-7H2,(H,15,16). The summed E-state index contributed by atoms with van der Waals surface area (Å²) in [5.41, 5.74) is 0. The molecule has 0 aliphatic carbocycles. The summed E-state index contributed by atoms with van der Waals surface area (Å²) in [7, 11) is 0. The molecule has 100 valence electrons. The second kappa shape index (κ2) is 7.01. The zero-order valence-corrected chi connectivity index (χ0v) is 11.6.